The first kappa shape index (κ1) is 12.3. The average Bonchev–Trinajstić information content (AvgIpc) is 2.94. The maximum absolute atomic E-state index is 12.7. The fraction of sp³-hybridized carbons (Fsp3) is 0.571. The minimum Gasteiger partial charge on any atom is -0.377 e. The molecule has 2 aliphatic rings. The third-order valence-electron chi connectivity index (χ3n) is 4.14. The van der Waals surface area contributed by atoms with Crippen LogP contribution >= 0.6 is 0 Å². The summed E-state index contributed by atoms with van der Waals surface area (Å²) in [6.45, 7) is 2.75. The van der Waals surface area contributed by atoms with Gasteiger partial charge in [0.25, 0.3) is 0 Å². The van der Waals surface area contributed by atoms with E-state index in [0.29, 0.717) is 0 Å². The van der Waals surface area contributed by atoms with Gasteiger partial charge in [-0.15, -0.1) is 0 Å². The van der Waals surface area contributed by atoms with Crippen LogP contribution in [0.5, 0.6) is 0 Å². The Morgan fingerprint density at radius 1 is 1.33 bits per heavy atom. The molecule has 0 saturated carbocycles. The molecule has 1 fully saturated rings. The molecule has 3 nitrogen and oxygen atoms in total. The van der Waals surface area contributed by atoms with Crippen LogP contribution in [-0.2, 0) is 22.0 Å². The van der Waals surface area contributed by atoms with Crippen LogP contribution in [0.15, 0.2) is 24.3 Å². The zero-order valence-corrected chi connectivity index (χ0v) is 11.4. The maximum atomic E-state index is 12.7. The Hall–Kier alpha value is -0.710. The molecule has 0 amide bonds. The molecular formula is C14H19NO2S. The van der Waals surface area contributed by atoms with E-state index in [1.165, 1.54) is 11.1 Å². The fourth-order valence-corrected chi connectivity index (χ4v) is 5.07. The van der Waals surface area contributed by atoms with Gasteiger partial charge in [0.2, 0.25) is 0 Å². The topological polar surface area (TPSA) is 52.3 Å². The molecule has 3 rings (SSSR count). The highest BCUT2D eigenvalue weighted by molar-refractivity contribution is 7.86. The first-order chi connectivity index (χ1) is 8.68. The van der Waals surface area contributed by atoms with E-state index < -0.39 is 10.8 Å². The molecule has 1 aromatic rings. The third-order valence-corrected chi connectivity index (χ3v) is 6.41. The molecule has 2 N–H and O–H groups in total. The van der Waals surface area contributed by atoms with Gasteiger partial charge in [-0.1, -0.05) is 24.3 Å². The molecule has 1 aliphatic heterocycles. The Balaban J connectivity index is 1.81. The Kier molecular flexibility index (Phi) is 3.26. The lowest BCUT2D eigenvalue weighted by atomic mass is 10.1. The molecule has 0 radical (unpaired) electrons. The SMILES string of the molecule is CC1OCCC1S(=O)C1Cc2ccccc2C1N. The van der Waals surface area contributed by atoms with Crippen molar-refractivity contribution in [2.24, 2.45) is 5.73 Å². The van der Waals surface area contributed by atoms with E-state index in [-0.39, 0.29) is 22.6 Å². The Bertz CT molecular complexity index is 477. The summed E-state index contributed by atoms with van der Waals surface area (Å²) in [6, 6.07) is 8.10. The predicted octanol–water partition coefficient (Wildman–Crippen LogP) is 1.54. The van der Waals surface area contributed by atoms with E-state index in [9.17, 15) is 4.21 Å². The molecule has 0 aromatic heterocycles. The van der Waals surface area contributed by atoms with Crippen LogP contribution in [0.25, 0.3) is 0 Å². The minimum absolute atomic E-state index is 0.0524. The smallest absolute Gasteiger partial charge is 0.0691 e. The lowest BCUT2D eigenvalue weighted by molar-refractivity contribution is 0.126. The largest absolute Gasteiger partial charge is 0.377 e. The lowest BCUT2D eigenvalue weighted by Crippen LogP contribution is -2.35. The maximum Gasteiger partial charge on any atom is 0.0691 e. The summed E-state index contributed by atoms with van der Waals surface area (Å²) in [5.74, 6) is 0. The number of rotatable bonds is 2. The van der Waals surface area contributed by atoms with Crippen LogP contribution in [0.2, 0.25) is 0 Å². The van der Waals surface area contributed by atoms with Crippen molar-refractivity contribution in [2.45, 2.75) is 42.4 Å². The van der Waals surface area contributed by atoms with Gasteiger partial charge in [0, 0.05) is 23.4 Å². The molecule has 5 atom stereocenters. The summed E-state index contributed by atoms with van der Waals surface area (Å²) >= 11 is 0. The quantitative estimate of drug-likeness (QED) is 0.882. The van der Waals surface area contributed by atoms with Gasteiger partial charge >= 0.3 is 0 Å². The van der Waals surface area contributed by atoms with Crippen LogP contribution in [0.1, 0.15) is 30.5 Å². The van der Waals surface area contributed by atoms with Crippen LogP contribution in [-0.4, -0.2) is 27.4 Å². The van der Waals surface area contributed by atoms with Gasteiger partial charge in [-0.2, -0.15) is 0 Å². The fourth-order valence-electron chi connectivity index (χ4n) is 3.06. The molecule has 5 unspecified atom stereocenters. The summed E-state index contributed by atoms with van der Waals surface area (Å²) in [5, 5.41) is 0.201. The number of benzene rings is 1. The normalized spacial score (nSPS) is 36.6. The van der Waals surface area contributed by atoms with Crippen molar-refractivity contribution in [1.82, 2.24) is 0 Å². The van der Waals surface area contributed by atoms with Crippen LogP contribution in [0.4, 0.5) is 0 Å². The van der Waals surface area contributed by atoms with Crippen molar-refractivity contribution < 1.29 is 8.95 Å². The number of fused-ring (bicyclic) bond motifs is 1. The molecular weight excluding hydrogens is 246 g/mol. The molecule has 1 aromatic carbocycles. The van der Waals surface area contributed by atoms with Crippen molar-refractivity contribution in [3.63, 3.8) is 0 Å². The van der Waals surface area contributed by atoms with Gasteiger partial charge in [-0.3, -0.25) is 4.21 Å². The third kappa shape index (κ3) is 1.92. The number of nitrogens with two attached hydrogens (primary N) is 1. The van der Waals surface area contributed by atoms with Crippen LogP contribution < -0.4 is 5.73 Å². The molecule has 98 valence electrons. The number of hydrogen-bond donors (Lipinski definition) is 1. The first-order valence-corrected chi connectivity index (χ1v) is 7.80. The molecule has 1 saturated heterocycles. The van der Waals surface area contributed by atoms with Gasteiger partial charge in [-0.25, -0.2) is 0 Å². The van der Waals surface area contributed by atoms with Gasteiger partial charge in [0.15, 0.2) is 0 Å². The van der Waals surface area contributed by atoms with E-state index in [1.54, 1.807) is 0 Å². The van der Waals surface area contributed by atoms with Crippen molar-refractivity contribution in [2.75, 3.05) is 6.61 Å². The van der Waals surface area contributed by atoms with E-state index >= 15 is 0 Å². The predicted molar refractivity (Wildman–Crippen MR) is 72.8 cm³/mol. The Labute approximate surface area is 110 Å². The standard InChI is InChI=1S/C14H19NO2S/c1-9-12(6-7-17-9)18(16)13-8-10-4-2-3-5-11(10)14(13)15/h2-5,9,12-14H,6-8,15H2,1H3. The molecule has 0 spiro atoms. The summed E-state index contributed by atoms with van der Waals surface area (Å²) < 4.78 is 18.2. The van der Waals surface area contributed by atoms with Crippen LogP contribution in [0.3, 0.4) is 0 Å². The van der Waals surface area contributed by atoms with E-state index in [0.717, 1.165) is 19.4 Å². The van der Waals surface area contributed by atoms with Crippen molar-refractivity contribution in [1.29, 1.82) is 0 Å². The molecule has 18 heavy (non-hydrogen) atoms. The molecule has 4 heteroatoms. The highest BCUT2D eigenvalue weighted by atomic mass is 32.2. The van der Waals surface area contributed by atoms with E-state index in [2.05, 4.69) is 12.1 Å². The Morgan fingerprint density at radius 3 is 2.78 bits per heavy atom. The van der Waals surface area contributed by atoms with Crippen molar-refractivity contribution >= 4 is 10.8 Å². The van der Waals surface area contributed by atoms with Gasteiger partial charge in [0.1, 0.15) is 0 Å². The summed E-state index contributed by atoms with van der Waals surface area (Å²) in [4.78, 5) is 0. The molecule has 1 aliphatic carbocycles. The highest BCUT2D eigenvalue weighted by Crippen LogP contribution is 2.35. The van der Waals surface area contributed by atoms with Crippen molar-refractivity contribution in [3.8, 4) is 0 Å². The van der Waals surface area contributed by atoms with E-state index in [1.807, 2.05) is 19.1 Å². The zero-order chi connectivity index (χ0) is 12.7. The molecule has 0 bridgehead atoms. The average molecular weight is 265 g/mol. The minimum atomic E-state index is -0.907. The van der Waals surface area contributed by atoms with Gasteiger partial charge < -0.3 is 10.5 Å². The zero-order valence-electron chi connectivity index (χ0n) is 10.5. The molecule has 1 heterocycles. The second-order valence-corrected chi connectivity index (χ2v) is 7.07. The summed E-state index contributed by atoms with van der Waals surface area (Å²) in [5.41, 5.74) is 8.70. The summed E-state index contributed by atoms with van der Waals surface area (Å²) in [7, 11) is -0.907. The second-order valence-electron chi connectivity index (χ2n) is 5.20. The van der Waals surface area contributed by atoms with Gasteiger partial charge in [-0.05, 0) is 30.9 Å². The summed E-state index contributed by atoms with van der Waals surface area (Å²) in [6.07, 6.45) is 1.84. The van der Waals surface area contributed by atoms with Crippen LogP contribution in [0, 0.1) is 0 Å². The number of ether oxygens (including phenoxy) is 1. The second kappa shape index (κ2) is 4.76. The van der Waals surface area contributed by atoms with E-state index in [4.69, 9.17) is 10.5 Å². The Morgan fingerprint density at radius 2 is 2.11 bits per heavy atom. The highest BCUT2D eigenvalue weighted by Gasteiger charge is 2.40. The van der Waals surface area contributed by atoms with Gasteiger partial charge in [0.05, 0.1) is 16.6 Å². The monoisotopic (exact) mass is 265 g/mol. The number of hydrogen-bond acceptors (Lipinski definition) is 3. The first-order valence-electron chi connectivity index (χ1n) is 6.53. The van der Waals surface area contributed by atoms with Crippen molar-refractivity contribution in [3.05, 3.63) is 35.4 Å². The lowest BCUT2D eigenvalue weighted by Gasteiger charge is -2.21.